The lowest BCUT2D eigenvalue weighted by atomic mass is 9.94. The molecule has 0 unspecified atom stereocenters. The molecular formula is C12H15NO3. The molecule has 1 saturated heterocycles. The molecule has 2 rings (SSSR count). The minimum atomic E-state index is -0.521. The van der Waals surface area contributed by atoms with Gasteiger partial charge in [-0.1, -0.05) is 19.1 Å². The minimum Gasteiger partial charge on any atom is -0.497 e. The Kier molecular flexibility index (Phi) is 2.83. The first-order valence-electron chi connectivity index (χ1n) is 5.23. The number of hydrogen-bond donors (Lipinski definition) is 1. The summed E-state index contributed by atoms with van der Waals surface area (Å²) in [4.78, 5) is 11.3. The van der Waals surface area contributed by atoms with Gasteiger partial charge in [-0.2, -0.15) is 0 Å². The van der Waals surface area contributed by atoms with Crippen molar-refractivity contribution in [3.8, 4) is 5.75 Å². The van der Waals surface area contributed by atoms with E-state index in [1.165, 1.54) is 0 Å². The monoisotopic (exact) mass is 221 g/mol. The number of cyclic esters (lactones) is 1. The van der Waals surface area contributed by atoms with E-state index in [1.807, 2.05) is 31.2 Å². The summed E-state index contributed by atoms with van der Waals surface area (Å²) < 4.78 is 10.3. The van der Waals surface area contributed by atoms with Crippen molar-refractivity contribution in [3.05, 3.63) is 29.8 Å². The highest BCUT2D eigenvalue weighted by atomic mass is 16.6. The number of methoxy groups -OCH3 is 1. The normalized spacial score (nSPS) is 28.9. The summed E-state index contributed by atoms with van der Waals surface area (Å²) >= 11 is 0. The first-order chi connectivity index (χ1) is 7.63. The number of ether oxygens (including phenoxy) is 2. The minimum absolute atomic E-state index is 0.000829. The third-order valence-corrected chi connectivity index (χ3v) is 3.00. The van der Waals surface area contributed by atoms with Crippen LogP contribution in [0.2, 0.25) is 0 Å². The SMILES string of the molecule is COc1ccc([C@H]2OC(=O)[C@@H](N)[C@@H]2C)cc1. The van der Waals surface area contributed by atoms with Crippen LogP contribution in [0.3, 0.4) is 0 Å². The van der Waals surface area contributed by atoms with Gasteiger partial charge in [0.05, 0.1) is 7.11 Å². The standard InChI is InChI=1S/C12H15NO3/c1-7-10(13)12(14)16-11(7)8-3-5-9(15-2)6-4-8/h3-7,10-11H,13H2,1-2H3/t7-,10-,11-/m0/s1. The summed E-state index contributed by atoms with van der Waals surface area (Å²) in [5, 5.41) is 0. The maximum Gasteiger partial charge on any atom is 0.323 e. The molecule has 0 aliphatic carbocycles. The van der Waals surface area contributed by atoms with Crippen molar-refractivity contribution in [1.29, 1.82) is 0 Å². The van der Waals surface area contributed by atoms with E-state index in [-0.39, 0.29) is 18.0 Å². The van der Waals surface area contributed by atoms with Gasteiger partial charge in [-0.25, -0.2) is 0 Å². The third kappa shape index (κ3) is 1.76. The molecule has 1 aliphatic rings. The molecule has 0 saturated carbocycles. The number of benzene rings is 1. The first kappa shape index (κ1) is 11.0. The van der Waals surface area contributed by atoms with Crippen LogP contribution in [-0.4, -0.2) is 19.1 Å². The van der Waals surface area contributed by atoms with Gasteiger partial charge in [0, 0.05) is 5.92 Å². The van der Waals surface area contributed by atoms with Crippen LogP contribution >= 0.6 is 0 Å². The third-order valence-electron chi connectivity index (χ3n) is 3.00. The summed E-state index contributed by atoms with van der Waals surface area (Å²) in [5.74, 6) is 0.458. The Hall–Kier alpha value is -1.55. The van der Waals surface area contributed by atoms with E-state index in [0.29, 0.717) is 0 Å². The van der Waals surface area contributed by atoms with E-state index in [1.54, 1.807) is 7.11 Å². The predicted molar refractivity (Wildman–Crippen MR) is 59.0 cm³/mol. The van der Waals surface area contributed by atoms with Crippen molar-refractivity contribution in [1.82, 2.24) is 0 Å². The van der Waals surface area contributed by atoms with Crippen LogP contribution in [0.25, 0.3) is 0 Å². The van der Waals surface area contributed by atoms with Gasteiger partial charge in [0.25, 0.3) is 0 Å². The zero-order valence-corrected chi connectivity index (χ0v) is 9.34. The zero-order valence-electron chi connectivity index (χ0n) is 9.34. The van der Waals surface area contributed by atoms with Gasteiger partial charge in [-0.15, -0.1) is 0 Å². The van der Waals surface area contributed by atoms with Gasteiger partial charge in [0.1, 0.15) is 17.9 Å². The Labute approximate surface area is 94.3 Å². The van der Waals surface area contributed by atoms with Gasteiger partial charge in [-0.3, -0.25) is 4.79 Å². The molecule has 1 heterocycles. The van der Waals surface area contributed by atoms with E-state index in [9.17, 15) is 4.79 Å². The van der Waals surface area contributed by atoms with Gasteiger partial charge >= 0.3 is 5.97 Å². The van der Waals surface area contributed by atoms with Crippen LogP contribution in [0.5, 0.6) is 5.75 Å². The molecule has 4 heteroatoms. The Morgan fingerprint density at radius 2 is 1.94 bits per heavy atom. The van der Waals surface area contributed by atoms with Crippen LogP contribution in [-0.2, 0) is 9.53 Å². The van der Waals surface area contributed by atoms with Gasteiger partial charge in [-0.05, 0) is 17.7 Å². The summed E-state index contributed by atoms with van der Waals surface area (Å²) in [6.07, 6.45) is -0.242. The molecule has 1 aromatic carbocycles. The number of esters is 1. The molecule has 0 bridgehead atoms. The molecule has 86 valence electrons. The number of carbonyl (C=O) groups is 1. The van der Waals surface area contributed by atoms with Crippen LogP contribution in [0.1, 0.15) is 18.6 Å². The molecule has 4 nitrogen and oxygen atoms in total. The van der Waals surface area contributed by atoms with E-state index >= 15 is 0 Å². The molecule has 1 aromatic rings. The van der Waals surface area contributed by atoms with Gasteiger partial charge < -0.3 is 15.2 Å². The average molecular weight is 221 g/mol. The highest BCUT2D eigenvalue weighted by Crippen LogP contribution is 2.34. The van der Waals surface area contributed by atoms with Gasteiger partial charge in [0.15, 0.2) is 0 Å². The number of hydrogen-bond acceptors (Lipinski definition) is 4. The number of nitrogens with two attached hydrogens (primary N) is 1. The quantitative estimate of drug-likeness (QED) is 0.764. The Morgan fingerprint density at radius 1 is 1.31 bits per heavy atom. The topological polar surface area (TPSA) is 61.5 Å². The Bertz CT molecular complexity index is 388. The second-order valence-electron chi connectivity index (χ2n) is 4.02. The second-order valence-corrected chi connectivity index (χ2v) is 4.02. The fourth-order valence-corrected chi connectivity index (χ4v) is 1.88. The largest absolute Gasteiger partial charge is 0.497 e. The summed E-state index contributed by atoms with van der Waals surface area (Å²) in [6, 6.07) is 6.96. The highest BCUT2D eigenvalue weighted by Gasteiger charge is 2.40. The van der Waals surface area contributed by atoms with Crippen molar-refractivity contribution in [3.63, 3.8) is 0 Å². The van der Waals surface area contributed by atoms with E-state index < -0.39 is 6.04 Å². The van der Waals surface area contributed by atoms with Crippen LogP contribution in [0, 0.1) is 5.92 Å². The van der Waals surface area contributed by atoms with Crippen LogP contribution in [0.15, 0.2) is 24.3 Å². The zero-order chi connectivity index (χ0) is 11.7. The molecule has 16 heavy (non-hydrogen) atoms. The Balaban J connectivity index is 2.21. The summed E-state index contributed by atoms with van der Waals surface area (Å²) in [7, 11) is 1.61. The Morgan fingerprint density at radius 3 is 2.38 bits per heavy atom. The second kappa shape index (κ2) is 4.14. The van der Waals surface area contributed by atoms with Crippen molar-refractivity contribution < 1.29 is 14.3 Å². The van der Waals surface area contributed by atoms with E-state index in [0.717, 1.165) is 11.3 Å². The summed E-state index contributed by atoms with van der Waals surface area (Å²) in [5.41, 5.74) is 6.66. The van der Waals surface area contributed by atoms with Crippen molar-refractivity contribution in [2.24, 2.45) is 11.7 Å². The first-order valence-corrected chi connectivity index (χ1v) is 5.23. The van der Waals surface area contributed by atoms with Crippen molar-refractivity contribution >= 4 is 5.97 Å². The van der Waals surface area contributed by atoms with Crippen LogP contribution in [0.4, 0.5) is 0 Å². The maximum atomic E-state index is 11.3. The molecule has 3 atom stereocenters. The predicted octanol–water partition coefficient (Wildman–Crippen LogP) is 1.26. The fraction of sp³-hybridized carbons (Fsp3) is 0.417. The number of rotatable bonds is 2. The molecule has 2 N–H and O–H groups in total. The van der Waals surface area contributed by atoms with Crippen molar-refractivity contribution in [2.75, 3.05) is 7.11 Å². The fourth-order valence-electron chi connectivity index (χ4n) is 1.88. The molecular weight excluding hydrogens is 206 g/mol. The summed E-state index contributed by atoms with van der Waals surface area (Å²) in [6.45, 7) is 1.92. The maximum absolute atomic E-state index is 11.3. The molecule has 0 amide bonds. The lowest BCUT2D eigenvalue weighted by Crippen LogP contribution is -2.30. The molecule has 1 fully saturated rings. The average Bonchev–Trinajstić information content (AvgIpc) is 2.57. The molecule has 1 aliphatic heterocycles. The lowest BCUT2D eigenvalue weighted by Gasteiger charge is -2.15. The highest BCUT2D eigenvalue weighted by molar-refractivity contribution is 5.78. The van der Waals surface area contributed by atoms with E-state index in [4.69, 9.17) is 15.2 Å². The molecule has 0 spiro atoms. The van der Waals surface area contributed by atoms with Gasteiger partial charge in [0.2, 0.25) is 0 Å². The lowest BCUT2D eigenvalue weighted by molar-refractivity contribution is -0.142. The molecule has 0 aromatic heterocycles. The molecule has 0 radical (unpaired) electrons. The van der Waals surface area contributed by atoms with Crippen molar-refractivity contribution in [2.45, 2.75) is 19.1 Å². The number of carbonyl (C=O) groups excluding carboxylic acids is 1. The van der Waals surface area contributed by atoms with E-state index in [2.05, 4.69) is 0 Å². The van der Waals surface area contributed by atoms with Crippen LogP contribution < -0.4 is 10.5 Å². The smallest absolute Gasteiger partial charge is 0.323 e.